The van der Waals surface area contributed by atoms with Gasteiger partial charge in [0.15, 0.2) is 11.6 Å². The van der Waals surface area contributed by atoms with Gasteiger partial charge in [0.1, 0.15) is 29.2 Å². The van der Waals surface area contributed by atoms with Gasteiger partial charge < -0.3 is 35.5 Å². The molecule has 0 radical (unpaired) electrons. The number of aromatic hydroxyl groups is 1. The number of hydrogen-bond acceptors (Lipinski definition) is 8. The smallest absolute Gasteiger partial charge is 0.353 e. The Morgan fingerprint density at radius 2 is 1.68 bits per heavy atom. The summed E-state index contributed by atoms with van der Waals surface area (Å²) in [5, 5.41) is 24.9. The first-order valence-electron chi connectivity index (χ1n) is 18.6. The monoisotopic (exact) mass is 727 g/mol. The van der Waals surface area contributed by atoms with E-state index in [1.54, 1.807) is 41.5 Å². The lowest BCUT2D eigenvalue weighted by atomic mass is 9.99. The number of hydrogen-bond donors (Lipinski definition) is 4. The first-order chi connectivity index (χ1) is 25.8. The van der Waals surface area contributed by atoms with Crippen LogP contribution >= 0.6 is 0 Å². The average molecular weight is 728 g/mol. The van der Waals surface area contributed by atoms with Gasteiger partial charge in [0.05, 0.1) is 26.4 Å². The van der Waals surface area contributed by atoms with Crippen LogP contribution in [0.2, 0.25) is 0 Å². The second-order valence-corrected chi connectivity index (χ2v) is 13.3. The summed E-state index contributed by atoms with van der Waals surface area (Å²) in [5.74, 6) is -0.360. The van der Waals surface area contributed by atoms with E-state index in [1.807, 2.05) is 48.7 Å². The van der Waals surface area contributed by atoms with Crippen molar-refractivity contribution in [3.63, 3.8) is 0 Å². The summed E-state index contributed by atoms with van der Waals surface area (Å²) in [5.41, 5.74) is 9.52. The van der Waals surface area contributed by atoms with E-state index in [0.29, 0.717) is 58.1 Å². The minimum Gasteiger partial charge on any atom is -0.508 e. The van der Waals surface area contributed by atoms with Crippen molar-refractivity contribution in [3.8, 4) is 22.8 Å². The lowest BCUT2D eigenvalue weighted by molar-refractivity contribution is -0.556. The predicted molar refractivity (Wildman–Crippen MR) is 201 cm³/mol. The van der Waals surface area contributed by atoms with Crippen LogP contribution in [0.5, 0.6) is 11.5 Å². The van der Waals surface area contributed by atoms with Crippen LogP contribution in [0.1, 0.15) is 62.3 Å². The molecule has 0 fully saturated rings. The summed E-state index contributed by atoms with van der Waals surface area (Å²) >= 11 is 0. The van der Waals surface area contributed by atoms with Crippen molar-refractivity contribution in [2.75, 3.05) is 39.5 Å². The van der Waals surface area contributed by atoms with E-state index in [-0.39, 0.29) is 29.2 Å². The van der Waals surface area contributed by atoms with E-state index in [9.17, 15) is 15.0 Å². The number of nitrogens with two attached hydrogens (primary N) is 1. The molecule has 0 saturated heterocycles. The lowest BCUT2D eigenvalue weighted by Crippen LogP contribution is -2.41. The molecule has 0 aliphatic carbocycles. The molecule has 3 aromatic carbocycles. The Balaban J connectivity index is 1.06. The highest BCUT2D eigenvalue weighted by Crippen LogP contribution is 2.24. The molecule has 282 valence electrons. The Labute approximate surface area is 310 Å². The van der Waals surface area contributed by atoms with Crippen molar-refractivity contribution in [3.05, 3.63) is 113 Å². The number of ether oxygens (including phenoxy) is 3. The van der Waals surface area contributed by atoms with Crippen LogP contribution < -0.4 is 25.4 Å². The van der Waals surface area contributed by atoms with Gasteiger partial charge in [-0.2, -0.15) is 0 Å². The molecular formula is C42H52FN4O6+. The summed E-state index contributed by atoms with van der Waals surface area (Å²) in [6, 6.07) is 21.9. The fraction of sp³-hybridized carbons (Fsp3) is 0.405. The SMILES string of the molecule is CC(OCCOCCN)C(=O)NCCCCCCCCOc1ccc(CC2C=c3c(Cc4ccccc4)nc(-c4ccc(O)cc4)c[n+]3=C2O)cc1F. The highest BCUT2D eigenvalue weighted by molar-refractivity contribution is 5.80. The molecule has 0 saturated carbocycles. The first kappa shape index (κ1) is 39.4. The van der Waals surface area contributed by atoms with Gasteiger partial charge in [0.2, 0.25) is 17.5 Å². The number of unbranched alkanes of at least 4 members (excludes halogenated alkanes) is 5. The molecule has 0 bridgehead atoms. The summed E-state index contributed by atoms with van der Waals surface area (Å²) in [7, 11) is 0. The van der Waals surface area contributed by atoms with Gasteiger partial charge in [0.25, 0.3) is 0 Å². The van der Waals surface area contributed by atoms with Crippen LogP contribution in [0, 0.1) is 17.6 Å². The molecule has 5 rings (SSSR count). The van der Waals surface area contributed by atoms with Crippen molar-refractivity contribution >= 4 is 12.0 Å². The molecule has 53 heavy (non-hydrogen) atoms. The van der Waals surface area contributed by atoms with Gasteiger partial charge in [-0.15, -0.1) is 4.24 Å². The van der Waals surface area contributed by atoms with Crippen LogP contribution in [0.25, 0.3) is 17.3 Å². The number of nitrogens with zero attached hydrogens (tertiary/aromatic N) is 2. The summed E-state index contributed by atoms with van der Waals surface area (Å²) in [6.45, 7) is 4.50. The maximum atomic E-state index is 15.1. The zero-order valence-corrected chi connectivity index (χ0v) is 30.5. The number of amides is 1. The number of nitrogens with one attached hydrogen (secondary N) is 1. The Morgan fingerprint density at radius 1 is 0.925 bits per heavy atom. The van der Waals surface area contributed by atoms with Gasteiger partial charge in [-0.25, -0.2) is 9.37 Å². The number of fused-ring (bicyclic) bond motifs is 1. The van der Waals surface area contributed by atoms with Crippen molar-refractivity contribution in [2.24, 2.45) is 11.7 Å². The summed E-state index contributed by atoms with van der Waals surface area (Å²) in [4.78, 5) is 17.1. The van der Waals surface area contributed by atoms with Gasteiger partial charge >= 0.3 is 5.90 Å². The number of aromatic nitrogens is 2. The van der Waals surface area contributed by atoms with E-state index in [0.717, 1.165) is 66.3 Å². The second-order valence-electron chi connectivity index (χ2n) is 13.3. The largest absolute Gasteiger partial charge is 0.508 e. The number of carbonyl (C=O) groups is 1. The lowest BCUT2D eigenvalue weighted by Gasteiger charge is -2.13. The number of carbonyl (C=O) groups excluding carboxylic acids is 1. The van der Waals surface area contributed by atoms with E-state index in [2.05, 4.69) is 5.32 Å². The molecule has 4 aromatic rings. The van der Waals surface area contributed by atoms with Crippen LogP contribution in [0.15, 0.2) is 79.0 Å². The summed E-state index contributed by atoms with van der Waals surface area (Å²) < 4.78 is 33.4. The number of aliphatic hydroxyl groups is 1. The number of phenols is 1. The van der Waals surface area contributed by atoms with Crippen LogP contribution in [-0.2, 0) is 27.1 Å². The maximum absolute atomic E-state index is 15.1. The summed E-state index contributed by atoms with van der Waals surface area (Å²) in [6.07, 6.45) is 10.1. The topological polar surface area (TPSA) is 142 Å². The van der Waals surface area contributed by atoms with Crippen LogP contribution in [0.3, 0.4) is 0 Å². The van der Waals surface area contributed by atoms with Crippen LogP contribution in [0.4, 0.5) is 4.39 Å². The van der Waals surface area contributed by atoms with E-state index >= 15 is 4.39 Å². The van der Waals surface area contributed by atoms with Crippen LogP contribution in [-0.4, -0.2) is 66.7 Å². The number of rotatable bonds is 22. The quantitative estimate of drug-likeness (QED) is 0.0637. The molecule has 2 heterocycles. The molecule has 1 aromatic heterocycles. The zero-order valence-electron chi connectivity index (χ0n) is 30.5. The normalized spacial score (nSPS) is 14.1. The van der Waals surface area contributed by atoms with E-state index in [4.69, 9.17) is 24.9 Å². The highest BCUT2D eigenvalue weighted by atomic mass is 19.1. The van der Waals surface area contributed by atoms with Gasteiger partial charge in [-0.05, 0) is 73.7 Å². The Kier molecular flexibility index (Phi) is 15.2. The van der Waals surface area contributed by atoms with Gasteiger partial charge in [-0.3, -0.25) is 4.79 Å². The molecule has 1 aliphatic heterocycles. The minimum atomic E-state index is -0.517. The maximum Gasteiger partial charge on any atom is 0.353 e. The van der Waals surface area contributed by atoms with E-state index < -0.39 is 11.9 Å². The van der Waals surface area contributed by atoms with Crippen molar-refractivity contribution in [1.82, 2.24) is 10.3 Å². The third kappa shape index (κ3) is 11.8. The standard InChI is InChI=1S/C42H51FN4O6/c1-30(52-24-23-51-22-19-44)41(49)45-20-9-4-2-3-5-10-21-53-40-18-13-32(26-36(40)43)25-34-28-39-37(27-31-11-7-6-8-12-31)46-38(29-47(39)42(34)50)33-14-16-35(48)17-15-33/h6-8,11-18,26,28-30,34H,2-5,9-10,19-25,27,44H2,1H3,(H2,45,48,49)/p+1. The number of benzene rings is 3. The Hall–Kier alpha value is -4.84. The molecule has 5 N–H and O–H groups in total. The molecule has 0 spiro atoms. The fourth-order valence-corrected chi connectivity index (χ4v) is 6.27. The van der Waals surface area contributed by atoms with Crippen molar-refractivity contribution in [1.29, 1.82) is 0 Å². The number of halogens is 1. The Morgan fingerprint density at radius 3 is 2.43 bits per heavy atom. The molecule has 11 heteroatoms. The average Bonchev–Trinajstić information content (AvgIpc) is 3.47. The molecule has 1 amide bonds. The zero-order chi connectivity index (χ0) is 37.4. The van der Waals surface area contributed by atoms with E-state index in [1.165, 1.54) is 6.07 Å². The van der Waals surface area contributed by atoms with Gasteiger partial charge in [0, 0.05) is 31.1 Å². The van der Waals surface area contributed by atoms with Crippen molar-refractivity contribution < 1.29 is 37.9 Å². The molecule has 1 aliphatic rings. The first-order valence-corrected chi connectivity index (χ1v) is 18.6. The van der Waals surface area contributed by atoms with Gasteiger partial charge in [-0.1, -0.05) is 62.1 Å². The minimum absolute atomic E-state index is 0.119. The Bertz CT molecular complexity index is 1890. The van der Waals surface area contributed by atoms with Crippen molar-refractivity contribution in [2.45, 2.75) is 64.4 Å². The third-order valence-corrected chi connectivity index (χ3v) is 9.18. The molecule has 2 unspecified atom stereocenters. The highest BCUT2D eigenvalue weighted by Gasteiger charge is 2.30. The number of aliphatic hydroxyl groups excluding tert-OH is 1. The third-order valence-electron chi connectivity index (χ3n) is 9.18. The number of phenolic OH excluding ortho intramolecular Hbond substituents is 1. The molecule has 10 nitrogen and oxygen atoms in total. The second kappa shape index (κ2) is 20.4. The molecule has 2 atom stereocenters. The fourth-order valence-electron chi connectivity index (χ4n) is 6.27. The molecular weight excluding hydrogens is 675 g/mol. The predicted octanol–water partition coefficient (Wildman–Crippen LogP) is 5.24.